The number of anilines is 3. The first-order valence-corrected chi connectivity index (χ1v) is 20.2. The third kappa shape index (κ3) is 7.46. The molecule has 0 bridgehead atoms. The van der Waals surface area contributed by atoms with Crippen LogP contribution in [-0.2, 0) is 0 Å². The summed E-state index contributed by atoms with van der Waals surface area (Å²) >= 11 is 0. The van der Waals surface area contributed by atoms with Crippen molar-refractivity contribution >= 4 is 27.8 Å². The summed E-state index contributed by atoms with van der Waals surface area (Å²) < 4.78 is 0. The van der Waals surface area contributed by atoms with Crippen LogP contribution in [0.25, 0.3) is 77.5 Å². The lowest BCUT2D eigenvalue weighted by Gasteiger charge is -2.26. The monoisotopic (exact) mass is 751 g/mol. The third-order valence-corrected chi connectivity index (χ3v) is 11.3. The molecule has 0 aliphatic rings. The Labute approximate surface area is 346 Å². The van der Waals surface area contributed by atoms with Crippen molar-refractivity contribution in [3.05, 3.63) is 249 Å². The second kappa shape index (κ2) is 16.0. The Kier molecular flexibility index (Phi) is 9.68. The highest BCUT2D eigenvalue weighted by molar-refractivity contribution is 5.89. The van der Waals surface area contributed by atoms with Gasteiger partial charge in [-0.05, 0) is 126 Å². The average molecular weight is 752 g/mol. The van der Waals surface area contributed by atoms with Crippen molar-refractivity contribution in [3.63, 3.8) is 0 Å². The number of benzene rings is 10. The van der Waals surface area contributed by atoms with E-state index in [1.807, 2.05) is 0 Å². The summed E-state index contributed by atoms with van der Waals surface area (Å²) in [7, 11) is 0. The van der Waals surface area contributed by atoms with E-state index in [1.165, 1.54) is 77.5 Å². The van der Waals surface area contributed by atoms with E-state index < -0.39 is 0 Å². The molecule has 0 saturated carbocycles. The number of nitrogens with zero attached hydrogens (tertiary/aromatic N) is 1. The van der Waals surface area contributed by atoms with Crippen molar-refractivity contribution in [1.82, 2.24) is 0 Å². The van der Waals surface area contributed by atoms with Gasteiger partial charge in [0.1, 0.15) is 0 Å². The lowest BCUT2D eigenvalue weighted by molar-refractivity contribution is 1.28. The maximum atomic E-state index is 2.36. The van der Waals surface area contributed by atoms with Gasteiger partial charge in [0, 0.05) is 17.1 Å². The van der Waals surface area contributed by atoms with Gasteiger partial charge in [-0.15, -0.1) is 0 Å². The van der Waals surface area contributed by atoms with Gasteiger partial charge in [0.15, 0.2) is 0 Å². The van der Waals surface area contributed by atoms with Crippen LogP contribution in [0.4, 0.5) is 17.1 Å². The Balaban J connectivity index is 0.969. The molecule has 0 aliphatic carbocycles. The summed E-state index contributed by atoms with van der Waals surface area (Å²) in [5.41, 5.74) is 17.7. The lowest BCUT2D eigenvalue weighted by atomic mass is 9.94. The highest BCUT2D eigenvalue weighted by Gasteiger charge is 2.16. The van der Waals surface area contributed by atoms with E-state index >= 15 is 0 Å². The molecule has 0 atom stereocenters. The van der Waals surface area contributed by atoms with E-state index in [0.717, 1.165) is 17.1 Å². The second-order valence-electron chi connectivity index (χ2n) is 15.0. The Morgan fingerprint density at radius 1 is 0.186 bits per heavy atom. The van der Waals surface area contributed by atoms with Crippen LogP contribution in [-0.4, -0.2) is 0 Å². The van der Waals surface area contributed by atoms with E-state index in [1.54, 1.807) is 0 Å². The molecule has 0 radical (unpaired) electrons. The zero-order valence-electron chi connectivity index (χ0n) is 32.6. The van der Waals surface area contributed by atoms with Crippen molar-refractivity contribution < 1.29 is 0 Å². The van der Waals surface area contributed by atoms with Crippen LogP contribution in [0, 0.1) is 0 Å². The van der Waals surface area contributed by atoms with Gasteiger partial charge in [-0.1, -0.05) is 200 Å². The molecule has 10 aromatic carbocycles. The van der Waals surface area contributed by atoms with E-state index in [2.05, 4.69) is 254 Å². The quantitative estimate of drug-likeness (QED) is 0.142. The van der Waals surface area contributed by atoms with E-state index in [-0.39, 0.29) is 0 Å². The molecular formula is C58H41N. The van der Waals surface area contributed by atoms with Crippen molar-refractivity contribution in [1.29, 1.82) is 0 Å². The molecule has 0 unspecified atom stereocenters. The molecule has 0 amide bonds. The highest BCUT2D eigenvalue weighted by Crippen LogP contribution is 2.40. The molecule has 10 aromatic rings. The predicted octanol–water partition coefficient (Wildman–Crippen LogP) is 16.3. The molecule has 0 heterocycles. The molecule has 0 saturated heterocycles. The van der Waals surface area contributed by atoms with Gasteiger partial charge >= 0.3 is 0 Å². The van der Waals surface area contributed by atoms with E-state index in [4.69, 9.17) is 0 Å². The minimum absolute atomic E-state index is 1.09. The van der Waals surface area contributed by atoms with E-state index in [0.29, 0.717) is 0 Å². The molecule has 59 heavy (non-hydrogen) atoms. The Bertz CT molecular complexity index is 3000. The first-order valence-electron chi connectivity index (χ1n) is 20.2. The number of hydrogen-bond acceptors (Lipinski definition) is 1. The first-order chi connectivity index (χ1) is 29.2. The lowest BCUT2D eigenvalue weighted by Crippen LogP contribution is -2.10. The zero-order chi connectivity index (χ0) is 39.4. The van der Waals surface area contributed by atoms with E-state index in [9.17, 15) is 0 Å². The maximum absolute atomic E-state index is 2.36. The average Bonchev–Trinajstić information content (AvgIpc) is 3.33. The molecule has 0 aliphatic heterocycles. The Hall–Kier alpha value is -7.74. The van der Waals surface area contributed by atoms with Gasteiger partial charge in [0.25, 0.3) is 0 Å². The molecule has 0 fully saturated rings. The standard InChI is InChI=1S/C58H41N/c1-3-13-42(14-4-1)45-31-35-54(36-32-45)59(56-22-12-21-53(41-56)58-24-10-9-23-57(58)48-16-5-2-6-17-48)55-37-33-46(34-38-55)44-25-27-47(28-26-44)50-19-11-20-51(39-50)52-30-29-43-15-7-8-18-49(43)40-52/h1-41H. The summed E-state index contributed by atoms with van der Waals surface area (Å²) in [5.74, 6) is 0. The van der Waals surface area contributed by atoms with Crippen LogP contribution in [0.1, 0.15) is 0 Å². The summed E-state index contributed by atoms with van der Waals surface area (Å²) in [6.45, 7) is 0. The highest BCUT2D eigenvalue weighted by atomic mass is 15.1. The molecule has 278 valence electrons. The molecule has 0 aromatic heterocycles. The van der Waals surface area contributed by atoms with Gasteiger partial charge in [-0.2, -0.15) is 0 Å². The number of fused-ring (bicyclic) bond motifs is 1. The zero-order valence-corrected chi connectivity index (χ0v) is 32.6. The van der Waals surface area contributed by atoms with Crippen molar-refractivity contribution in [2.24, 2.45) is 0 Å². The largest absolute Gasteiger partial charge is 0.310 e. The van der Waals surface area contributed by atoms with Crippen LogP contribution in [0.2, 0.25) is 0 Å². The Morgan fingerprint density at radius 3 is 1.20 bits per heavy atom. The fourth-order valence-electron chi connectivity index (χ4n) is 8.20. The molecule has 0 spiro atoms. The van der Waals surface area contributed by atoms with Gasteiger partial charge in [-0.25, -0.2) is 0 Å². The second-order valence-corrected chi connectivity index (χ2v) is 15.0. The maximum Gasteiger partial charge on any atom is 0.0467 e. The van der Waals surface area contributed by atoms with Gasteiger partial charge in [0.05, 0.1) is 0 Å². The Morgan fingerprint density at radius 2 is 0.576 bits per heavy atom. The fraction of sp³-hybridized carbons (Fsp3) is 0. The summed E-state index contributed by atoms with van der Waals surface area (Å²) in [6.07, 6.45) is 0. The summed E-state index contributed by atoms with van der Waals surface area (Å²) in [4.78, 5) is 2.36. The number of hydrogen-bond donors (Lipinski definition) is 0. The predicted molar refractivity (Wildman–Crippen MR) is 251 cm³/mol. The summed E-state index contributed by atoms with van der Waals surface area (Å²) in [5, 5.41) is 2.52. The van der Waals surface area contributed by atoms with Crippen LogP contribution in [0.3, 0.4) is 0 Å². The topological polar surface area (TPSA) is 3.24 Å². The van der Waals surface area contributed by atoms with Gasteiger partial charge in [-0.3, -0.25) is 0 Å². The minimum Gasteiger partial charge on any atom is -0.310 e. The fourth-order valence-corrected chi connectivity index (χ4v) is 8.20. The number of rotatable bonds is 9. The van der Waals surface area contributed by atoms with Crippen LogP contribution in [0.5, 0.6) is 0 Å². The van der Waals surface area contributed by atoms with Gasteiger partial charge in [0.2, 0.25) is 0 Å². The molecule has 1 heteroatoms. The SMILES string of the molecule is c1ccc(-c2ccc(N(c3ccc(-c4ccc(-c5cccc(-c6ccc7ccccc7c6)c5)cc4)cc3)c3cccc(-c4ccccc4-c4ccccc4)c3)cc2)cc1. The minimum atomic E-state index is 1.09. The van der Waals surface area contributed by atoms with Crippen LogP contribution < -0.4 is 4.90 Å². The summed E-state index contributed by atoms with van der Waals surface area (Å²) in [6, 6.07) is 89.7. The molecule has 1 nitrogen and oxygen atoms in total. The molecule has 0 N–H and O–H groups in total. The van der Waals surface area contributed by atoms with Crippen LogP contribution >= 0.6 is 0 Å². The van der Waals surface area contributed by atoms with Gasteiger partial charge < -0.3 is 4.90 Å². The molecular weight excluding hydrogens is 711 g/mol. The third-order valence-electron chi connectivity index (χ3n) is 11.3. The normalized spacial score (nSPS) is 11.1. The first kappa shape index (κ1) is 35.7. The molecule has 10 rings (SSSR count). The van der Waals surface area contributed by atoms with Crippen LogP contribution in [0.15, 0.2) is 249 Å². The van der Waals surface area contributed by atoms with Crippen molar-refractivity contribution in [2.45, 2.75) is 0 Å². The smallest absolute Gasteiger partial charge is 0.0467 e. The van der Waals surface area contributed by atoms with Crippen molar-refractivity contribution in [2.75, 3.05) is 4.90 Å². The van der Waals surface area contributed by atoms with Crippen molar-refractivity contribution in [3.8, 4) is 66.8 Å².